The van der Waals surface area contributed by atoms with Crippen molar-refractivity contribution in [2.24, 2.45) is 5.92 Å². The number of hydrogen-bond acceptors (Lipinski definition) is 3. The third-order valence-corrected chi connectivity index (χ3v) is 4.96. The molecular weight excluding hydrogens is 260 g/mol. The first-order valence-corrected chi connectivity index (χ1v) is 7.82. The quantitative estimate of drug-likeness (QED) is 0.924. The van der Waals surface area contributed by atoms with Crippen molar-refractivity contribution in [1.82, 2.24) is 10.2 Å². The van der Waals surface area contributed by atoms with Gasteiger partial charge in [0.2, 0.25) is 0 Å². The summed E-state index contributed by atoms with van der Waals surface area (Å²) in [6, 6.07) is 4.50. The van der Waals surface area contributed by atoms with Gasteiger partial charge in [-0.25, -0.2) is 4.79 Å². The number of morpholine rings is 1. The number of carbonyl (C=O) groups is 1. The Morgan fingerprint density at radius 3 is 3.11 bits per heavy atom. The van der Waals surface area contributed by atoms with Crippen LogP contribution in [0.4, 0.5) is 4.79 Å². The SMILES string of the molecule is C[C@@H](NC(=O)N1CCOC[C@H]1C1CC1)c1cccs1. The molecule has 19 heavy (non-hydrogen) atoms. The minimum Gasteiger partial charge on any atom is -0.377 e. The summed E-state index contributed by atoms with van der Waals surface area (Å²) in [6.45, 7) is 4.11. The Hall–Kier alpha value is -1.07. The molecule has 5 heteroatoms. The zero-order valence-electron chi connectivity index (χ0n) is 11.2. The van der Waals surface area contributed by atoms with Crippen LogP contribution in [0.25, 0.3) is 0 Å². The minimum absolute atomic E-state index is 0.0566. The van der Waals surface area contributed by atoms with Gasteiger partial charge in [-0.3, -0.25) is 0 Å². The van der Waals surface area contributed by atoms with Gasteiger partial charge in [-0.2, -0.15) is 0 Å². The van der Waals surface area contributed by atoms with E-state index in [1.807, 2.05) is 23.3 Å². The first-order chi connectivity index (χ1) is 9.25. The van der Waals surface area contributed by atoms with E-state index in [2.05, 4.69) is 11.4 Å². The average molecular weight is 280 g/mol. The Morgan fingerprint density at radius 2 is 2.42 bits per heavy atom. The predicted octanol–water partition coefficient (Wildman–Crippen LogP) is 2.63. The summed E-state index contributed by atoms with van der Waals surface area (Å²) in [5, 5.41) is 5.15. The molecule has 2 heterocycles. The summed E-state index contributed by atoms with van der Waals surface area (Å²) in [5.74, 6) is 0.656. The van der Waals surface area contributed by atoms with E-state index in [1.165, 1.54) is 17.7 Å². The van der Waals surface area contributed by atoms with Gasteiger partial charge in [0.05, 0.1) is 25.3 Å². The Labute approximate surface area is 117 Å². The van der Waals surface area contributed by atoms with Gasteiger partial charge in [0.25, 0.3) is 0 Å². The van der Waals surface area contributed by atoms with Crippen molar-refractivity contribution >= 4 is 17.4 Å². The number of thiophene rings is 1. The van der Waals surface area contributed by atoms with E-state index in [-0.39, 0.29) is 18.1 Å². The fraction of sp³-hybridized carbons (Fsp3) is 0.643. The molecule has 0 aromatic carbocycles. The molecule has 104 valence electrons. The minimum atomic E-state index is 0.0566. The molecule has 4 nitrogen and oxygen atoms in total. The van der Waals surface area contributed by atoms with Crippen molar-refractivity contribution in [3.05, 3.63) is 22.4 Å². The van der Waals surface area contributed by atoms with E-state index in [4.69, 9.17) is 4.74 Å². The lowest BCUT2D eigenvalue weighted by atomic mass is 10.1. The van der Waals surface area contributed by atoms with Crippen molar-refractivity contribution in [2.45, 2.75) is 31.8 Å². The number of urea groups is 1. The van der Waals surface area contributed by atoms with Gasteiger partial charge >= 0.3 is 6.03 Å². The number of nitrogens with zero attached hydrogens (tertiary/aromatic N) is 1. The Kier molecular flexibility index (Phi) is 3.75. The molecule has 1 aliphatic heterocycles. The van der Waals surface area contributed by atoms with Gasteiger partial charge in [-0.1, -0.05) is 6.07 Å². The number of amides is 2. The summed E-state index contributed by atoms with van der Waals surface area (Å²) in [7, 11) is 0. The van der Waals surface area contributed by atoms with Crippen molar-refractivity contribution in [2.75, 3.05) is 19.8 Å². The molecule has 1 aromatic heterocycles. The number of hydrogen-bond donors (Lipinski definition) is 1. The third kappa shape index (κ3) is 2.92. The zero-order chi connectivity index (χ0) is 13.2. The molecular formula is C14H20N2O2S. The summed E-state index contributed by atoms with van der Waals surface area (Å²) in [6.07, 6.45) is 2.47. The van der Waals surface area contributed by atoms with Gasteiger partial charge in [-0.15, -0.1) is 11.3 Å². The highest BCUT2D eigenvalue weighted by molar-refractivity contribution is 7.10. The molecule has 3 rings (SSSR count). The van der Waals surface area contributed by atoms with Gasteiger partial charge < -0.3 is 15.0 Å². The lowest BCUT2D eigenvalue weighted by Crippen LogP contribution is -2.53. The van der Waals surface area contributed by atoms with Crippen molar-refractivity contribution in [3.8, 4) is 0 Å². The van der Waals surface area contributed by atoms with Crippen LogP contribution in [0, 0.1) is 5.92 Å². The van der Waals surface area contributed by atoms with Crippen LogP contribution in [0.15, 0.2) is 17.5 Å². The molecule has 2 fully saturated rings. The smallest absolute Gasteiger partial charge is 0.318 e. The number of nitrogens with one attached hydrogen (secondary N) is 1. The van der Waals surface area contributed by atoms with Crippen molar-refractivity contribution in [3.63, 3.8) is 0 Å². The number of rotatable bonds is 3. The Bertz CT molecular complexity index is 431. The van der Waals surface area contributed by atoms with Crippen LogP contribution in [0.3, 0.4) is 0 Å². The molecule has 2 aliphatic rings. The van der Waals surface area contributed by atoms with Crippen molar-refractivity contribution < 1.29 is 9.53 Å². The van der Waals surface area contributed by atoms with Crippen LogP contribution in [-0.2, 0) is 4.74 Å². The summed E-state index contributed by atoms with van der Waals surface area (Å²) < 4.78 is 5.52. The molecule has 1 N–H and O–H groups in total. The normalized spacial score (nSPS) is 25.1. The maximum atomic E-state index is 12.4. The number of carbonyl (C=O) groups excluding carboxylic acids is 1. The maximum absolute atomic E-state index is 12.4. The molecule has 2 atom stereocenters. The average Bonchev–Trinajstić information content (AvgIpc) is 3.12. The second-order valence-corrected chi connectivity index (χ2v) is 6.34. The molecule has 0 bridgehead atoms. The van der Waals surface area contributed by atoms with Crippen LogP contribution >= 0.6 is 11.3 Å². The monoisotopic (exact) mass is 280 g/mol. The Morgan fingerprint density at radius 1 is 1.58 bits per heavy atom. The Balaban J connectivity index is 1.62. The highest BCUT2D eigenvalue weighted by Crippen LogP contribution is 2.36. The van der Waals surface area contributed by atoms with E-state index >= 15 is 0 Å². The van der Waals surface area contributed by atoms with Gasteiger partial charge in [0.15, 0.2) is 0 Å². The van der Waals surface area contributed by atoms with Crippen LogP contribution in [-0.4, -0.2) is 36.7 Å². The molecule has 1 saturated heterocycles. The lowest BCUT2D eigenvalue weighted by Gasteiger charge is -2.36. The predicted molar refractivity (Wildman–Crippen MR) is 75.3 cm³/mol. The lowest BCUT2D eigenvalue weighted by molar-refractivity contribution is 0.00424. The van der Waals surface area contributed by atoms with E-state index in [0.29, 0.717) is 25.7 Å². The molecule has 0 spiro atoms. The largest absolute Gasteiger partial charge is 0.377 e. The summed E-state index contributed by atoms with van der Waals surface area (Å²) >= 11 is 1.68. The van der Waals surface area contributed by atoms with Gasteiger partial charge in [-0.05, 0) is 37.1 Å². The van der Waals surface area contributed by atoms with Crippen LogP contribution < -0.4 is 5.32 Å². The molecule has 1 aliphatic carbocycles. The standard InChI is InChI=1S/C14H20N2O2S/c1-10(13-3-2-8-19-13)15-14(17)16-6-7-18-9-12(16)11-4-5-11/h2-3,8,10-12H,4-7,9H2,1H3,(H,15,17)/t10-,12+/m1/s1. The van der Waals surface area contributed by atoms with E-state index in [1.54, 1.807) is 11.3 Å². The highest BCUT2D eigenvalue weighted by atomic mass is 32.1. The first kappa shape index (κ1) is 12.9. The summed E-state index contributed by atoms with van der Waals surface area (Å²) in [5.41, 5.74) is 0. The zero-order valence-corrected chi connectivity index (χ0v) is 12.0. The van der Waals surface area contributed by atoms with Gasteiger partial charge in [0.1, 0.15) is 0 Å². The molecule has 2 amide bonds. The second kappa shape index (κ2) is 5.51. The summed E-state index contributed by atoms with van der Waals surface area (Å²) in [4.78, 5) is 15.6. The first-order valence-electron chi connectivity index (χ1n) is 6.94. The van der Waals surface area contributed by atoms with Crippen LogP contribution in [0.5, 0.6) is 0 Å². The topological polar surface area (TPSA) is 41.6 Å². The maximum Gasteiger partial charge on any atom is 0.318 e. The molecule has 0 unspecified atom stereocenters. The van der Waals surface area contributed by atoms with E-state index in [9.17, 15) is 4.79 Å². The van der Waals surface area contributed by atoms with Crippen molar-refractivity contribution in [1.29, 1.82) is 0 Å². The van der Waals surface area contributed by atoms with E-state index < -0.39 is 0 Å². The fourth-order valence-corrected chi connectivity index (χ4v) is 3.36. The van der Waals surface area contributed by atoms with E-state index in [0.717, 1.165) is 0 Å². The van der Waals surface area contributed by atoms with Gasteiger partial charge in [0, 0.05) is 11.4 Å². The number of ether oxygens (including phenoxy) is 1. The molecule has 1 aromatic rings. The second-order valence-electron chi connectivity index (χ2n) is 5.36. The highest BCUT2D eigenvalue weighted by Gasteiger charge is 2.39. The molecule has 1 saturated carbocycles. The molecule has 0 radical (unpaired) electrons. The fourth-order valence-electron chi connectivity index (χ4n) is 2.62. The third-order valence-electron chi connectivity index (χ3n) is 3.90. The van der Waals surface area contributed by atoms with Crippen LogP contribution in [0.2, 0.25) is 0 Å². The van der Waals surface area contributed by atoms with Crippen LogP contribution in [0.1, 0.15) is 30.7 Å².